The second kappa shape index (κ2) is 5.00. The number of fused-ring (bicyclic) bond motifs is 1. The van der Waals surface area contributed by atoms with E-state index in [4.69, 9.17) is 5.73 Å². The molecule has 0 saturated carbocycles. The second-order valence-electron chi connectivity index (χ2n) is 4.75. The van der Waals surface area contributed by atoms with Crippen molar-refractivity contribution in [1.82, 2.24) is 14.8 Å². The molecule has 5 heteroatoms. The highest BCUT2D eigenvalue weighted by Gasteiger charge is 2.14. The van der Waals surface area contributed by atoms with Crippen LogP contribution in [0.3, 0.4) is 0 Å². The number of aromatic nitrogens is 3. The van der Waals surface area contributed by atoms with Gasteiger partial charge in [-0.3, -0.25) is 0 Å². The van der Waals surface area contributed by atoms with E-state index >= 15 is 0 Å². The summed E-state index contributed by atoms with van der Waals surface area (Å²) >= 11 is 3.56. The Kier molecular flexibility index (Phi) is 3.31. The first kappa shape index (κ1) is 13.3. The van der Waals surface area contributed by atoms with Gasteiger partial charge in [0.1, 0.15) is 0 Å². The minimum Gasteiger partial charge on any atom is -0.326 e. The molecule has 0 unspecified atom stereocenters. The molecule has 1 aromatic carbocycles. The predicted molar refractivity (Wildman–Crippen MR) is 83.9 cm³/mol. The standard InChI is InChI=1S/C15H15BrN4/c1-9-14(16)10(2)20(19-9)15-13-6-4-3-5-12(13)11(7-17)8-18-15/h3-6,8H,7,17H2,1-2H3. The van der Waals surface area contributed by atoms with Crippen LogP contribution in [0.4, 0.5) is 0 Å². The molecule has 2 heterocycles. The number of nitrogens with zero attached hydrogens (tertiary/aromatic N) is 3. The molecule has 102 valence electrons. The minimum absolute atomic E-state index is 0.481. The van der Waals surface area contributed by atoms with E-state index in [0.717, 1.165) is 38.0 Å². The van der Waals surface area contributed by atoms with Gasteiger partial charge in [0.25, 0.3) is 0 Å². The van der Waals surface area contributed by atoms with Crippen LogP contribution < -0.4 is 5.73 Å². The summed E-state index contributed by atoms with van der Waals surface area (Å²) in [6.07, 6.45) is 1.84. The monoisotopic (exact) mass is 330 g/mol. The van der Waals surface area contributed by atoms with E-state index in [-0.39, 0.29) is 0 Å². The van der Waals surface area contributed by atoms with Crippen LogP contribution in [0.1, 0.15) is 17.0 Å². The molecule has 0 aliphatic carbocycles. The van der Waals surface area contributed by atoms with Crippen LogP contribution in [-0.4, -0.2) is 14.8 Å². The number of aryl methyl sites for hydroxylation is 1. The SMILES string of the molecule is Cc1nn(-c2ncc(CN)c3ccccc23)c(C)c1Br. The van der Waals surface area contributed by atoms with Gasteiger partial charge in [-0.2, -0.15) is 5.10 Å². The van der Waals surface area contributed by atoms with E-state index in [2.05, 4.69) is 38.1 Å². The Morgan fingerprint density at radius 3 is 2.50 bits per heavy atom. The summed E-state index contributed by atoms with van der Waals surface area (Å²) in [7, 11) is 0. The van der Waals surface area contributed by atoms with E-state index in [1.165, 1.54) is 0 Å². The van der Waals surface area contributed by atoms with Gasteiger partial charge in [0.15, 0.2) is 5.82 Å². The molecule has 2 aromatic heterocycles. The molecule has 0 spiro atoms. The second-order valence-corrected chi connectivity index (χ2v) is 5.55. The molecule has 0 fully saturated rings. The first-order valence-electron chi connectivity index (χ1n) is 6.42. The Morgan fingerprint density at radius 1 is 1.20 bits per heavy atom. The first-order valence-corrected chi connectivity index (χ1v) is 7.21. The van der Waals surface area contributed by atoms with Crippen molar-refractivity contribution in [2.75, 3.05) is 0 Å². The van der Waals surface area contributed by atoms with Crippen molar-refractivity contribution < 1.29 is 0 Å². The summed E-state index contributed by atoms with van der Waals surface area (Å²) < 4.78 is 2.90. The fourth-order valence-corrected chi connectivity index (χ4v) is 2.64. The van der Waals surface area contributed by atoms with Crippen LogP contribution in [0.2, 0.25) is 0 Å². The molecule has 0 aliphatic heterocycles. The minimum atomic E-state index is 0.481. The van der Waals surface area contributed by atoms with E-state index in [1.54, 1.807) is 0 Å². The average molecular weight is 331 g/mol. The molecule has 2 N–H and O–H groups in total. The van der Waals surface area contributed by atoms with Gasteiger partial charge >= 0.3 is 0 Å². The van der Waals surface area contributed by atoms with Crippen molar-refractivity contribution in [2.45, 2.75) is 20.4 Å². The van der Waals surface area contributed by atoms with Gasteiger partial charge in [-0.1, -0.05) is 24.3 Å². The summed E-state index contributed by atoms with van der Waals surface area (Å²) in [5, 5.41) is 6.75. The summed E-state index contributed by atoms with van der Waals surface area (Å²) in [6.45, 7) is 4.48. The van der Waals surface area contributed by atoms with Crippen LogP contribution >= 0.6 is 15.9 Å². The fourth-order valence-electron chi connectivity index (χ4n) is 2.40. The molecule has 0 atom stereocenters. The molecular weight excluding hydrogens is 316 g/mol. The van der Waals surface area contributed by atoms with Crippen molar-refractivity contribution in [3.05, 3.63) is 51.9 Å². The smallest absolute Gasteiger partial charge is 0.161 e. The van der Waals surface area contributed by atoms with Crippen molar-refractivity contribution in [3.63, 3.8) is 0 Å². The number of hydrogen-bond acceptors (Lipinski definition) is 3. The zero-order chi connectivity index (χ0) is 14.3. The molecule has 0 aliphatic rings. The zero-order valence-corrected chi connectivity index (χ0v) is 13.0. The third-order valence-electron chi connectivity index (χ3n) is 3.48. The molecule has 0 amide bonds. The molecule has 0 bridgehead atoms. The summed E-state index contributed by atoms with van der Waals surface area (Å²) in [6, 6.07) is 8.15. The lowest BCUT2D eigenvalue weighted by atomic mass is 10.1. The Morgan fingerprint density at radius 2 is 1.90 bits per heavy atom. The number of nitrogens with two attached hydrogens (primary N) is 1. The maximum atomic E-state index is 5.79. The van der Waals surface area contributed by atoms with Gasteiger partial charge in [-0.05, 0) is 40.7 Å². The van der Waals surface area contributed by atoms with Crippen molar-refractivity contribution in [1.29, 1.82) is 0 Å². The van der Waals surface area contributed by atoms with Gasteiger partial charge in [-0.15, -0.1) is 0 Å². The highest BCUT2D eigenvalue weighted by Crippen LogP contribution is 2.27. The van der Waals surface area contributed by atoms with Gasteiger partial charge in [0.2, 0.25) is 0 Å². The lowest BCUT2D eigenvalue weighted by molar-refractivity contribution is 0.811. The van der Waals surface area contributed by atoms with Crippen LogP contribution in [0.15, 0.2) is 34.9 Å². The van der Waals surface area contributed by atoms with Crippen LogP contribution in [0.5, 0.6) is 0 Å². The third kappa shape index (κ3) is 1.94. The molecule has 4 nitrogen and oxygen atoms in total. The van der Waals surface area contributed by atoms with Gasteiger partial charge < -0.3 is 5.73 Å². The van der Waals surface area contributed by atoms with E-state index in [1.807, 2.05) is 36.9 Å². The number of benzene rings is 1. The highest BCUT2D eigenvalue weighted by molar-refractivity contribution is 9.10. The zero-order valence-electron chi connectivity index (χ0n) is 11.4. The van der Waals surface area contributed by atoms with E-state index in [0.29, 0.717) is 6.54 Å². The van der Waals surface area contributed by atoms with Crippen molar-refractivity contribution in [3.8, 4) is 5.82 Å². The molecule has 3 aromatic rings. The molecular formula is C15H15BrN4. The Bertz CT molecular complexity index is 792. The maximum absolute atomic E-state index is 5.79. The fraction of sp³-hybridized carbons (Fsp3) is 0.200. The Hall–Kier alpha value is -1.72. The van der Waals surface area contributed by atoms with Crippen molar-refractivity contribution >= 4 is 26.7 Å². The normalized spacial score (nSPS) is 11.2. The van der Waals surface area contributed by atoms with Crippen LogP contribution in [0, 0.1) is 13.8 Å². The summed E-state index contributed by atoms with van der Waals surface area (Å²) in [4.78, 5) is 4.56. The third-order valence-corrected chi connectivity index (χ3v) is 4.63. The van der Waals surface area contributed by atoms with Crippen molar-refractivity contribution in [2.24, 2.45) is 5.73 Å². The van der Waals surface area contributed by atoms with Crippen LogP contribution in [-0.2, 0) is 6.54 Å². The quantitative estimate of drug-likeness (QED) is 0.784. The Balaban J connectivity index is 2.35. The largest absolute Gasteiger partial charge is 0.326 e. The molecule has 0 radical (unpaired) electrons. The summed E-state index contributed by atoms with van der Waals surface area (Å²) in [5.41, 5.74) is 8.84. The number of rotatable bonds is 2. The summed E-state index contributed by atoms with van der Waals surface area (Å²) in [5.74, 6) is 0.837. The lowest BCUT2D eigenvalue weighted by Crippen LogP contribution is -2.06. The molecule has 3 rings (SSSR count). The molecule has 0 saturated heterocycles. The lowest BCUT2D eigenvalue weighted by Gasteiger charge is -2.10. The van der Waals surface area contributed by atoms with E-state index < -0.39 is 0 Å². The van der Waals surface area contributed by atoms with Gasteiger partial charge in [0.05, 0.1) is 15.9 Å². The highest BCUT2D eigenvalue weighted by atomic mass is 79.9. The van der Waals surface area contributed by atoms with Gasteiger partial charge in [-0.25, -0.2) is 9.67 Å². The number of halogens is 1. The van der Waals surface area contributed by atoms with Gasteiger partial charge in [0, 0.05) is 18.1 Å². The maximum Gasteiger partial charge on any atom is 0.161 e. The average Bonchev–Trinajstić information content (AvgIpc) is 2.73. The van der Waals surface area contributed by atoms with Crippen LogP contribution in [0.25, 0.3) is 16.6 Å². The molecule has 20 heavy (non-hydrogen) atoms. The Labute approximate surface area is 125 Å². The first-order chi connectivity index (χ1) is 9.63. The number of pyridine rings is 1. The predicted octanol–water partition coefficient (Wildman–Crippen LogP) is 3.26. The number of hydrogen-bond donors (Lipinski definition) is 1. The topological polar surface area (TPSA) is 56.7 Å². The van der Waals surface area contributed by atoms with E-state index in [9.17, 15) is 0 Å².